The van der Waals surface area contributed by atoms with Crippen LogP contribution in [0.25, 0.3) is 0 Å². The molecule has 0 heterocycles. The van der Waals surface area contributed by atoms with E-state index in [2.05, 4.69) is 16.7 Å². The molecule has 0 spiro atoms. The number of hydrogen-bond acceptors (Lipinski definition) is 2. The van der Waals surface area contributed by atoms with Gasteiger partial charge in [-0.25, -0.2) is 0 Å². The third kappa shape index (κ3) is 6.61. The second-order valence-corrected chi connectivity index (χ2v) is 6.51. The minimum Gasteiger partial charge on any atom is -0.384 e. The minimum absolute atomic E-state index is 0.0210. The molecule has 0 unspecified atom stereocenters. The van der Waals surface area contributed by atoms with Crippen LogP contribution in [0.2, 0.25) is 5.02 Å². The molecule has 0 fully saturated rings. The van der Waals surface area contributed by atoms with E-state index in [-0.39, 0.29) is 29.6 Å². The quantitative estimate of drug-likeness (QED) is 0.646. The Kier molecular flexibility index (Phi) is 7.17. The lowest BCUT2D eigenvalue weighted by Crippen LogP contribution is -2.27. The molecule has 2 N–H and O–H groups in total. The molecular weight excluding hydrogens is 353 g/mol. The molecule has 1 amide bonds. The van der Waals surface area contributed by atoms with Crippen molar-refractivity contribution in [3.8, 4) is 0 Å². The molecule has 0 atom stereocenters. The summed E-state index contributed by atoms with van der Waals surface area (Å²) in [5.41, 5.74) is 0.474. The molecule has 0 radical (unpaired) electrons. The Balaban J connectivity index is 1.75. The van der Waals surface area contributed by atoms with E-state index >= 15 is 0 Å². The number of allylic oxidation sites excluding steroid dienone is 1. The molecule has 1 aromatic rings. The Morgan fingerprint density at radius 3 is 2.68 bits per heavy atom. The largest absolute Gasteiger partial charge is 0.418 e. The topological polar surface area (TPSA) is 41.1 Å². The predicted molar refractivity (Wildman–Crippen MR) is 93.7 cm³/mol. The van der Waals surface area contributed by atoms with Crippen molar-refractivity contribution in [2.45, 2.75) is 44.7 Å². The molecule has 0 aliphatic heterocycles. The van der Waals surface area contributed by atoms with Crippen molar-refractivity contribution in [2.75, 3.05) is 18.4 Å². The first-order valence-electron chi connectivity index (χ1n) is 8.41. The van der Waals surface area contributed by atoms with Crippen molar-refractivity contribution in [2.24, 2.45) is 0 Å². The van der Waals surface area contributed by atoms with E-state index in [0.717, 1.165) is 25.3 Å². The van der Waals surface area contributed by atoms with E-state index in [1.807, 2.05) is 0 Å². The SMILES string of the molecule is O=C(CCNc1ccc(Cl)cc1C(F)(F)F)NCCC1=CCCCC1. The van der Waals surface area contributed by atoms with E-state index in [9.17, 15) is 18.0 Å². The van der Waals surface area contributed by atoms with Gasteiger partial charge in [0.25, 0.3) is 0 Å². The summed E-state index contributed by atoms with van der Waals surface area (Å²) in [5, 5.41) is 5.49. The zero-order chi connectivity index (χ0) is 18.3. The normalized spacial score (nSPS) is 14.8. The summed E-state index contributed by atoms with van der Waals surface area (Å²) in [4.78, 5) is 11.8. The number of rotatable bonds is 7. The second kappa shape index (κ2) is 9.13. The molecule has 1 aromatic carbocycles. The Morgan fingerprint density at radius 1 is 1.20 bits per heavy atom. The summed E-state index contributed by atoms with van der Waals surface area (Å²) in [6.07, 6.45) is 3.32. The molecule has 1 aliphatic rings. The first kappa shape index (κ1) is 19.6. The van der Waals surface area contributed by atoms with Gasteiger partial charge in [-0.1, -0.05) is 23.3 Å². The van der Waals surface area contributed by atoms with Gasteiger partial charge in [0.05, 0.1) is 5.56 Å². The maximum atomic E-state index is 13.0. The van der Waals surface area contributed by atoms with Crippen molar-refractivity contribution < 1.29 is 18.0 Å². The van der Waals surface area contributed by atoms with Crippen molar-refractivity contribution >= 4 is 23.2 Å². The van der Waals surface area contributed by atoms with Gasteiger partial charge in [-0.15, -0.1) is 0 Å². The zero-order valence-corrected chi connectivity index (χ0v) is 14.6. The molecule has 1 aliphatic carbocycles. The standard InChI is InChI=1S/C18H22ClF3N2O/c19-14-6-7-16(15(12-14)18(20,21)22)23-11-9-17(25)24-10-8-13-4-2-1-3-5-13/h4,6-7,12,23H,1-3,5,8-11H2,(H,24,25). The number of benzene rings is 1. The monoisotopic (exact) mass is 374 g/mol. The molecule has 0 aromatic heterocycles. The summed E-state index contributed by atoms with van der Waals surface area (Å²) in [7, 11) is 0. The highest BCUT2D eigenvalue weighted by molar-refractivity contribution is 6.30. The first-order valence-corrected chi connectivity index (χ1v) is 8.79. The van der Waals surface area contributed by atoms with Crippen molar-refractivity contribution in [3.05, 3.63) is 40.4 Å². The summed E-state index contributed by atoms with van der Waals surface area (Å²) in [5.74, 6) is -0.175. The Hall–Kier alpha value is -1.69. The van der Waals surface area contributed by atoms with Gasteiger partial charge in [-0.05, 0) is 50.3 Å². The summed E-state index contributed by atoms with van der Waals surface area (Å²) in [6, 6.07) is 3.54. The Morgan fingerprint density at radius 2 is 2.00 bits per heavy atom. The maximum Gasteiger partial charge on any atom is 0.418 e. The first-order chi connectivity index (χ1) is 11.9. The van der Waals surface area contributed by atoms with Gasteiger partial charge in [0.15, 0.2) is 0 Å². The average Bonchev–Trinajstić information content (AvgIpc) is 2.56. The zero-order valence-electron chi connectivity index (χ0n) is 13.9. The molecule has 0 bridgehead atoms. The molecule has 0 saturated heterocycles. The number of anilines is 1. The number of amides is 1. The third-order valence-electron chi connectivity index (χ3n) is 4.11. The van der Waals surface area contributed by atoms with Crippen LogP contribution < -0.4 is 10.6 Å². The number of hydrogen-bond donors (Lipinski definition) is 2. The lowest BCUT2D eigenvalue weighted by molar-refractivity contribution is -0.137. The fourth-order valence-electron chi connectivity index (χ4n) is 2.80. The summed E-state index contributed by atoms with van der Waals surface area (Å²) in [6.45, 7) is 0.693. The highest BCUT2D eigenvalue weighted by Gasteiger charge is 2.33. The fraction of sp³-hybridized carbons (Fsp3) is 0.500. The number of nitrogens with one attached hydrogen (secondary N) is 2. The van der Waals surface area contributed by atoms with Gasteiger partial charge >= 0.3 is 6.18 Å². The van der Waals surface area contributed by atoms with Gasteiger partial charge in [0, 0.05) is 30.2 Å². The molecule has 25 heavy (non-hydrogen) atoms. The highest BCUT2D eigenvalue weighted by atomic mass is 35.5. The van der Waals surface area contributed by atoms with E-state index < -0.39 is 11.7 Å². The lowest BCUT2D eigenvalue weighted by atomic mass is 9.97. The van der Waals surface area contributed by atoms with E-state index in [1.165, 1.54) is 30.5 Å². The predicted octanol–water partition coefficient (Wildman–Crippen LogP) is 5.17. The van der Waals surface area contributed by atoms with Gasteiger partial charge in [0.1, 0.15) is 0 Å². The van der Waals surface area contributed by atoms with E-state index in [0.29, 0.717) is 6.54 Å². The third-order valence-corrected chi connectivity index (χ3v) is 4.34. The van der Waals surface area contributed by atoms with Gasteiger partial charge in [0.2, 0.25) is 5.91 Å². The van der Waals surface area contributed by atoms with Crippen LogP contribution in [-0.2, 0) is 11.0 Å². The maximum absolute atomic E-state index is 13.0. The molecule has 138 valence electrons. The average molecular weight is 375 g/mol. The Labute approximate surface area is 150 Å². The molecule has 3 nitrogen and oxygen atoms in total. The molecule has 0 saturated carbocycles. The number of carbonyl (C=O) groups is 1. The van der Waals surface area contributed by atoms with Gasteiger partial charge in [-0.3, -0.25) is 4.79 Å². The van der Waals surface area contributed by atoms with Crippen molar-refractivity contribution in [1.29, 1.82) is 0 Å². The Bertz CT molecular complexity index is 629. The van der Waals surface area contributed by atoms with Crippen LogP contribution in [0.3, 0.4) is 0 Å². The van der Waals surface area contributed by atoms with Gasteiger partial charge < -0.3 is 10.6 Å². The van der Waals surface area contributed by atoms with Crippen LogP contribution >= 0.6 is 11.6 Å². The van der Waals surface area contributed by atoms with Gasteiger partial charge in [-0.2, -0.15) is 13.2 Å². The number of halogens is 4. The molecule has 2 rings (SSSR count). The van der Waals surface area contributed by atoms with Crippen LogP contribution in [0.15, 0.2) is 29.8 Å². The molecule has 7 heteroatoms. The lowest BCUT2D eigenvalue weighted by Gasteiger charge is -2.15. The van der Waals surface area contributed by atoms with Crippen LogP contribution in [0.4, 0.5) is 18.9 Å². The highest BCUT2D eigenvalue weighted by Crippen LogP contribution is 2.36. The van der Waals surface area contributed by atoms with Crippen LogP contribution in [0, 0.1) is 0 Å². The second-order valence-electron chi connectivity index (χ2n) is 6.07. The minimum atomic E-state index is -4.50. The number of carbonyl (C=O) groups excluding carboxylic acids is 1. The summed E-state index contributed by atoms with van der Waals surface area (Å²) >= 11 is 5.63. The van der Waals surface area contributed by atoms with Crippen LogP contribution in [0.1, 0.15) is 44.1 Å². The molecular formula is C18H22ClF3N2O. The van der Waals surface area contributed by atoms with E-state index in [4.69, 9.17) is 11.6 Å². The van der Waals surface area contributed by atoms with E-state index in [1.54, 1.807) is 0 Å². The fourth-order valence-corrected chi connectivity index (χ4v) is 2.97. The smallest absolute Gasteiger partial charge is 0.384 e. The summed E-state index contributed by atoms with van der Waals surface area (Å²) < 4.78 is 38.9. The van der Waals surface area contributed by atoms with Crippen molar-refractivity contribution in [1.82, 2.24) is 5.32 Å². The van der Waals surface area contributed by atoms with Crippen LogP contribution in [-0.4, -0.2) is 19.0 Å². The van der Waals surface area contributed by atoms with Crippen molar-refractivity contribution in [3.63, 3.8) is 0 Å². The number of alkyl halides is 3. The van der Waals surface area contributed by atoms with Crippen LogP contribution in [0.5, 0.6) is 0 Å².